The molecule has 2 aromatic rings. The van der Waals surface area contributed by atoms with Crippen molar-refractivity contribution in [2.45, 2.75) is 6.42 Å². The van der Waals surface area contributed by atoms with E-state index in [1.165, 1.54) is 0 Å². The molecule has 4 nitrogen and oxygen atoms in total. The molecule has 0 unspecified atom stereocenters. The van der Waals surface area contributed by atoms with Gasteiger partial charge in [-0.25, -0.2) is 0 Å². The molecule has 0 aliphatic rings. The molecule has 0 aliphatic heterocycles. The third-order valence-corrected chi connectivity index (χ3v) is 3.49. The number of rotatable bonds is 4. The van der Waals surface area contributed by atoms with Crippen molar-refractivity contribution in [2.24, 2.45) is 5.73 Å². The van der Waals surface area contributed by atoms with Crippen LogP contribution in [0.3, 0.4) is 0 Å². The standard InChI is InChI=1S/C16H16N2O2S/c1-20-15-5-4-12(3-2-7-17)9-14(15)18-16(19)10-13-6-8-21-11-13/h4-6,8-9,11H,7,10,17H2,1H3,(H,18,19). The highest BCUT2D eigenvalue weighted by atomic mass is 32.1. The van der Waals surface area contributed by atoms with Crippen molar-refractivity contribution in [1.29, 1.82) is 0 Å². The monoisotopic (exact) mass is 300 g/mol. The summed E-state index contributed by atoms with van der Waals surface area (Å²) in [6, 6.07) is 7.33. The Labute approximate surface area is 127 Å². The first-order chi connectivity index (χ1) is 10.2. The van der Waals surface area contributed by atoms with Gasteiger partial charge in [-0.05, 0) is 40.6 Å². The number of amides is 1. The fraction of sp³-hybridized carbons (Fsp3) is 0.188. The zero-order valence-electron chi connectivity index (χ0n) is 11.7. The first-order valence-corrected chi connectivity index (χ1v) is 7.35. The summed E-state index contributed by atoms with van der Waals surface area (Å²) in [4.78, 5) is 12.1. The summed E-state index contributed by atoms with van der Waals surface area (Å²) in [5.41, 5.74) is 7.75. The van der Waals surface area contributed by atoms with Crippen molar-refractivity contribution in [1.82, 2.24) is 0 Å². The molecular weight excluding hydrogens is 284 g/mol. The third kappa shape index (κ3) is 4.35. The summed E-state index contributed by atoms with van der Waals surface area (Å²) in [7, 11) is 1.56. The summed E-state index contributed by atoms with van der Waals surface area (Å²) < 4.78 is 5.26. The summed E-state index contributed by atoms with van der Waals surface area (Å²) in [5.74, 6) is 6.24. The molecule has 0 atom stereocenters. The first kappa shape index (κ1) is 15.1. The quantitative estimate of drug-likeness (QED) is 0.851. The smallest absolute Gasteiger partial charge is 0.228 e. The van der Waals surface area contributed by atoms with Gasteiger partial charge in [-0.3, -0.25) is 4.79 Å². The Kier molecular flexibility index (Phi) is 5.38. The maximum atomic E-state index is 12.1. The van der Waals surface area contributed by atoms with Crippen LogP contribution in [0.15, 0.2) is 35.0 Å². The predicted octanol–water partition coefficient (Wildman–Crippen LogP) is 2.25. The summed E-state index contributed by atoms with van der Waals surface area (Å²) in [6.07, 6.45) is 0.339. The van der Waals surface area contributed by atoms with E-state index in [1.807, 2.05) is 22.9 Å². The van der Waals surface area contributed by atoms with Gasteiger partial charge in [0.1, 0.15) is 5.75 Å². The van der Waals surface area contributed by atoms with E-state index in [2.05, 4.69) is 17.2 Å². The van der Waals surface area contributed by atoms with Crippen molar-refractivity contribution in [3.8, 4) is 17.6 Å². The highest BCUT2D eigenvalue weighted by Gasteiger charge is 2.09. The maximum Gasteiger partial charge on any atom is 0.228 e. The number of benzene rings is 1. The van der Waals surface area contributed by atoms with Gasteiger partial charge in [0.15, 0.2) is 0 Å². The van der Waals surface area contributed by atoms with Gasteiger partial charge in [0.05, 0.1) is 25.8 Å². The van der Waals surface area contributed by atoms with E-state index in [9.17, 15) is 4.79 Å². The number of nitrogens with one attached hydrogen (secondary N) is 1. The second kappa shape index (κ2) is 7.48. The minimum atomic E-state index is -0.0874. The average molecular weight is 300 g/mol. The second-order valence-corrected chi connectivity index (χ2v) is 5.06. The van der Waals surface area contributed by atoms with E-state index in [1.54, 1.807) is 30.6 Å². The van der Waals surface area contributed by atoms with Crippen molar-refractivity contribution in [3.63, 3.8) is 0 Å². The molecule has 1 aromatic heterocycles. The molecule has 0 radical (unpaired) electrons. The zero-order valence-corrected chi connectivity index (χ0v) is 12.5. The van der Waals surface area contributed by atoms with Crippen LogP contribution in [0.5, 0.6) is 5.75 Å². The fourth-order valence-corrected chi connectivity index (χ4v) is 2.48. The van der Waals surface area contributed by atoms with Gasteiger partial charge in [-0.1, -0.05) is 11.8 Å². The Morgan fingerprint density at radius 3 is 2.95 bits per heavy atom. The average Bonchev–Trinajstić information content (AvgIpc) is 2.98. The molecule has 0 fully saturated rings. The predicted molar refractivity (Wildman–Crippen MR) is 85.6 cm³/mol. The first-order valence-electron chi connectivity index (χ1n) is 6.41. The van der Waals surface area contributed by atoms with Gasteiger partial charge < -0.3 is 15.8 Å². The van der Waals surface area contributed by atoms with Crippen LogP contribution < -0.4 is 15.8 Å². The van der Waals surface area contributed by atoms with Crippen LogP contribution in [0.1, 0.15) is 11.1 Å². The molecule has 2 rings (SSSR count). The zero-order chi connectivity index (χ0) is 15.1. The van der Waals surface area contributed by atoms with Crippen LogP contribution in [0.2, 0.25) is 0 Å². The molecule has 21 heavy (non-hydrogen) atoms. The van der Waals surface area contributed by atoms with Gasteiger partial charge in [0.2, 0.25) is 5.91 Å². The van der Waals surface area contributed by atoms with Gasteiger partial charge in [-0.15, -0.1) is 0 Å². The number of hydrogen-bond donors (Lipinski definition) is 2. The van der Waals surface area contributed by atoms with Gasteiger partial charge >= 0.3 is 0 Å². The van der Waals surface area contributed by atoms with Crippen LogP contribution in [0.25, 0.3) is 0 Å². The molecule has 1 aromatic carbocycles. The van der Waals surface area contributed by atoms with Crippen LogP contribution in [-0.4, -0.2) is 19.6 Å². The normalized spacial score (nSPS) is 9.62. The van der Waals surface area contributed by atoms with Crippen LogP contribution in [0, 0.1) is 11.8 Å². The Hall–Kier alpha value is -2.29. The highest BCUT2D eigenvalue weighted by Crippen LogP contribution is 2.25. The van der Waals surface area contributed by atoms with E-state index in [0.29, 0.717) is 24.4 Å². The number of carbonyl (C=O) groups is 1. The summed E-state index contributed by atoms with van der Waals surface area (Å²) in [6.45, 7) is 0.297. The lowest BCUT2D eigenvalue weighted by atomic mass is 10.1. The number of carbonyl (C=O) groups excluding carboxylic acids is 1. The SMILES string of the molecule is COc1ccc(C#CCN)cc1NC(=O)Cc1ccsc1. The number of ether oxygens (including phenoxy) is 1. The number of anilines is 1. The molecule has 3 N–H and O–H groups in total. The van der Waals surface area contributed by atoms with Crippen LogP contribution in [-0.2, 0) is 11.2 Å². The topological polar surface area (TPSA) is 64.3 Å². The molecule has 1 amide bonds. The van der Waals surface area contributed by atoms with Gasteiger partial charge in [-0.2, -0.15) is 11.3 Å². The third-order valence-electron chi connectivity index (χ3n) is 2.75. The van der Waals surface area contributed by atoms with Crippen molar-refractivity contribution < 1.29 is 9.53 Å². The lowest BCUT2D eigenvalue weighted by Gasteiger charge is -2.10. The minimum Gasteiger partial charge on any atom is -0.495 e. The van der Waals surface area contributed by atoms with E-state index >= 15 is 0 Å². The fourth-order valence-electron chi connectivity index (χ4n) is 1.81. The number of methoxy groups -OCH3 is 1. The number of thiophene rings is 1. The lowest BCUT2D eigenvalue weighted by Crippen LogP contribution is -2.14. The summed E-state index contributed by atoms with van der Waals surface area (Å²) >= 11 is 1.57. The Bertz CT molecular complexity index is 669. The van der Waals surface area contributed by atoms with Crippen molar-refractivity contribution in [3.05, 3.63) is 46.2 Å². The maximum absolute atomic E-state index is 12.1. The van der Waals surface area contributed by atoms with Gasteiger partial charge in [0, 0.05) is 5.56 Å². The summed E-state index contributed by atoms with van der Waals surface area (Å²) in [5, 5.41) is 6.77. The Morgan fingerprint density at radius 2 is 2.29 bits per heavy atom. The van der Waals surface area contributed by atoms with Gasteiger partial charge in [0.25, 0.3) is 0 Å². The molecule has 0 saturated heterocycles. The minimum absolute atomic E-state index is 0.0874. The Balaban J connectivity index is 2.14. The van der Waals surface area contributed by atoms with Crippen molar-refractivity contribution in [2.75, 3.05) is 19.0 Å². The lowest BCUT2D eigenvalue weighted by molar-refractivity contribution is -0.115. The molecule has 108 valence electrons. The van der Waals surface area contributed by atoms with E-state index in [-0.39, 0.29) is 5.91 Å². The Morgan fingerprint density at radius 1 is 1.43 bits per heavy atom. The highest BCUT2D eigenvalue weighted by molar-refractivity contribution is 7.08. The molecule has 1 heterocycles. The molecule has 0 bridgehead atoms. The molecule has 0 spiro atoms. The molecular formula is C16H16N2O2S. The molecule has 0 saturated carbocycles. The van der Waals surface area contributed by atoms with Crippen molar-refractivity contribution >= 4 is 22.9 Å². The van der Waals surface area contributed by atoms with Crippen LogP contribution in [0.4, 0.5) is 5.69 Å². The van der Waals surface area contributed by atoms with E-state index in [0.717, 1.165) is 11.1 Å². The number of nitrogens with two attached hydrogens (primary N) is 1. The van der Waals surface area contributed by atoms with Crippen LogP contribution >= 0.6 is 11.3 Å². The number of hydrogen-bond acceptors (Lipinski definition) is 4. The molecule has 0 aliphatic carbocycles. The largest absolute Gasteiger partial charge is 0.495 e. The molecule has 5 heteroatoms. The van der Waals surface area contributed by atoms with E-state index in [4.69, 9.17) is 10.5 Å². The van der Waals surface area contributed by atoms with E-state index < -0.39 is 0 Å². The second-order valence-electron chi connectivity index (χ2n) is 4.28.